The number of halogens is 2. The Hall–Kier alpha value is -1.49. The zero-order chi connectivity index (χ0) is 17.5. The van der Waals surface area contributed by atoms with E-state index in [4.69, 9.17) is 0 Å². The SMILES string of the molecule is O=C(N1CCC[C@@]2(CCCN2Cc2cccc(F)c2)CC1)C1(F)CC1. The molecule has 1 amide bonds. The first-order chi connectivity index (χ1) is 12.0. The van der Waals surface area contributed by atoms with Crippen molar-refractivity contribution in [3.63, 3.8) is 0 Å². The van der Waals surface area contributed by atoms with Crippen molar-refractivity contribution >= 4 is 5.91 Å². The summed E-state index contributed by atoms with van der Waals surface area (Å²) in [6.45, 7) is 3.07. The lowest BCUT2D eigenvalue weighted by molar-refractivity contribution is -0.138. The van der Waals surface area contributed by atoms with Gasteiger partial charge >= 0.3 is 0 Å². The Kier molecular flexibility index (Phi) is 4.30. The lowest BCUT2D eigenvalue weighted by atomic mass is 9.87. The van der Waals surface area contributed by atoms with Gasteiger partial charge < -0.3 is 4.90 Å². The molecule has 0 unspecified atom stereocenters. The Bertz CT molecular complexity index is 661. The maximum atomic E-state index is 14.1. The van der Waals surface area contributed by atoms with E-state index in [1.54, 1.807) is 17.0 Å². The highest BCUT2D eigenvalue weighted by Crippen LogP contribution is 2.43. The van der Waals surface area contributed by atoms with Gasteiger partial charge in [0.2, 0.25) is 0 Å². The highest BCUT2D eigenvalue weighted by atomic mass is 19.1. The van der Waals surface area contributed by atoms with Crippen molar-refractivity contribution in [3.05, 3.63) is 35.6 Å². The third-order valence-electron chi connectivity index (χ3n) is 6.28. The number of rotatable bonds is 3. The highest BCUT2D eigenvalue weighted by Gasteiger charge is 2.53. The standard InChI is InChI=1S/C20H26F2N2O/c21-17-5-1-4-16(14-17)15-24-12-3-7-19(24)6-2-11-23(13-10-19)18(25)20(22)8-9-20/h1,4-5,14H,2-3,6-13,15H2/t19-/m1/s1. The summed E-state index contributed by atoms with van der Waals surface area (Å²) in [4.78, 5) is 16.6. The molecule has 1 aliphatic carbocycles. The van der Waals surface area contributed by atoms with Gasteiger partial charge in [-0.2, -0.15) is 0 Å². The summed E-state index contributed by atoms with van der Waals surface area (Å²) < 4.78 is 27.6. The molecule has 0 radical (unpaired) electrons. The van der Waals surface area contributed by atoms with Crippen LogP contribution in [0.15, 0.2) is 24.3 Å². The van der Waals surface area contributed by atoms with E-state index in [1.807, 2.05) is 6.07 Å². The van der Waals surface area contributed by atoms with Crippen molar-refractivity contribution in [2.24, 2.45) is 0 Å². The van der Waals surface area contributed by atoms with Crippen molar-refractivity contribution < 1.29 is 13.6 Å². The van der Waals surface area contributed by atoms with E-state index < -0.39 is 5.67 Å². The van der Waals surface area contributed by atoms with Gasteiger partial charge in [0.15, 0.2) is 5.67 Å². The van der Waals surface area contributed by atoms with Crippen molar-refractivity contribution in [1.29, 1.82) is 0 Å². The van der Waals surface area contributed by atoms with Crippen molar-refractivity contribution in [1.82, 2.24) is 9.80 Å². The van der Waals surface area contributed by atoms with E-state index in [0.29, 0.717) is 25.9 Å². The van der Waals surface area contributed by atoms with Crippen LogP contribution in [0.1, 0.15) is 50.5 Å². The molecule has 4 rings (SSSR count). The summed E-state index contributed by atoms with van der Waals surface area (Å²) in [6.07, 6.45) is 5.87. The molecule has 0 bridgehead atoms. The average Bonchev–Trinajstić information content (AvgIpc) is 3.28. The summed E-state index contributed by atoms with van der Waals surface area (Å²) in [5, 5.41) is 0. The molecular formula is C20H26F2N2O. The predicted molar refractivity (Wildman–Crippen MR) is 92.3 cm³/mol. The summed E-state index contributed by atoms with van der Waals surface area (Å²) in [5.41, 5.74) is -0.484. The van der Waals surface area contributed by atoms with Gasteiger partial charge in [0.1, 0.15) is 5.82 Å². The van der Waals surface area contributed by atoms with Crippen LogP contribution < -0.4 is 0 Å². The number of amides is 1. The summed E-state index contributed by atoms with van der Waals surface area (Å²) in [7, 11) is 0. The van der Waals surface area contributed by atoms with Crippen LogP contribution in [0.3, 0.4) is 0 Å². The molecule has 1 saturated carbocycles. The normalized spacial score (nSPS) is 29.0. The van der Waals surface area contributed by atoms with Gasteiger partial charge in [-0.3, -0.25) is 9.69 Å². The Morgan fingerprint density at radius 2 is 1.80 bits per heavy atom. The Morgan fingerprint density at radius 3 is 2.52 bits per heavy atom. The molecule has 5 heteroatoms. The topological polar surface area (TPSA) is 23.6 Å². The maximum absolute atomic E-state index is 14.1. The molecule has 3 aliphatic rings. The molecule has 2 aliphatic heterocycles. The van der Waals surface area contributed by atoms with Crippen LogP contribution in [0, 0.1) is 5.82 Å². The number of likely N-dealkylation sites (tertiary alicyclic amines) is 2. The first-order valence-corrected chi connectivity index (χ1v) is 9.49. The molecule has 2 saturated heterocycles. The van der Waals surface area contributed by atoms with E-state index in [1.165, 1.54) is 6.07 Å². The second-order valence-electron chi connectivity index (χ2n) is 7.99. The fraction of sp³-hybridized carbons (Fsp3) is 0.650. The molecule has 1 aromatic rings. The van der Waals surface area contributed by atoms with Gasteiger partial charge in [0.25, 0.3) is 5.91 Å². The molecule has 3 fully saturated rings. The van der Waals surface area contributed by atoms with Gasteiger partial charge in [0, 0.05) is 25.2 Å². The molecule has 136 valence electrons. The highest BCUT2D eigenvalue weighted by molar-refractivity contribution is 5.88. The van der Waals surface area contributed by atoms with Gasteiger partial charge in [-0.05, 0) is 69.2 Å². The van der Waals surface area contributed by atoms with Crippen molar-refractivity contribution in [2.45, 2.75) is 62.7 Å². The number of alkyl halides is 1. The molecular weight excluding hydrogens is 322 g/mol. The van der Waals surface area contributed by atoms with Crippen LogP contribution in [0.2, 0.25) is 0 Å². The Balaban J connectivity index is 1.45. The summed E-state index contributed by atoms with van der Waals surface area (Å²) in [6, 6.07) is 6.82. The number of hydrogen-bond acceptors (Lipinski definition) is 2. The summed E-state index contributed by atoms with van der Waals surface area (Å²) >= 11 is 0. The number of hydrogen-bond donors (Lipinski definition) is 0. The van der Waals surface area contributed by atoms with Crippen LogP contribution >= 0.6 is 0 Å². The van der Waals surface area contributed by atoms with Crippen LogP contribution in [0.25, 0.3) is 0 Å². The molecule has 1 atom stereocenters. The van der Waals surface area contributed by atoms with Crippen LogP contribution in [-0.4, -0.2) is 46.5 Å². The zero-order valence-corrected chi connectivity index (χ0v) is 14.6. The van der Waals surface area contributed by atoms with E-state index in [2.05, 4.69) is 4.90 Å². The van der Waals surface area contributed by atoms with Crippen molar-refractivity contribution in [3.8, 4) is 0 Å². The molecule has 0 N–H and O–H groups in total. The zero-order valence-electron chi connectivity index (χ0n) is 14.6. The minimum absolute atomic E-state index is 0.0778. The number of nitrogens with zero attached hydrogens (tertiary/aromatic N) is 2. The van der Waals surface area contributed by atoms with Gasteiger partial charge in [0.05, 0.1) is 0 Å². The number of carbonyl (C=O) groups is 1. The van der Waals surface area contributed by atoms with Crippen LogP contribution in [0.5, 0.6) is 0 Å². The van der Waals surface area contributed by atoms with E-state index in [9.17, 15) is 13.6 Å². The van der Waals surface area contributed by atoms with E-state index in [0.717, 1.165) is 50.8 Å². The average molecular weight is 348 g/mol. The van der Waals surface area contributed by atoms with E-state index >= 15 is 0 Å². The molecule has 2 heterocycles. The molecule has 0 aromatic heterocycles. The Labute approximate surface area is 148 Å². The first-order valence-electron chi connectivity index (χ1n) is 9.49. The third kappa shape index (κ3) is 3.31. The molecule has 25 heavy (non-hydrogen) atoms. The second-order valence-corrected chi connectivity index (χ2v) is 7.99. The smallest absolute Gasteiger partial charge is 0.260 e. The fourth-order valence-corrected chi connectivity index (χ4v) is 4.65. The number of carbonyl (C=O) groups excluding carboxylic acids is 1. The maximum Gasteiger partial charge on any atom is 0.260 e. The number of benzene rings is 1. The third-order valence-corrected chi connectivity index (χ3v) is 6.28. The quantitative estimate of drug-likeness (QED) is 0.832. The minimum Gasteiger partial charge on any atom is -0.340 e. The van der Waals surface area contributed by atoms with Crippen LogP contribution in [0.4, 0.5) is 8.78 Å². The predicted octanol–water partition coefficient (Wildman–Crippen LogP) is 3.67. The summed E-state index contributed by atoms with van der Waals surface area (Å²) in [5.74, 6) is -0.486. The van der Waals surface area contributed by atoms with E-state index in [-0.39, 0.29) is 17.3 Å². The van der Waals surface area contributed by atoms with Crippen LogP contribution in [-0.2, 0) is 11.3 Å². The monoisotopic (exact) mass is 348 g/mol. The van der Waals surface area contributed by atoms with Gasteiger partial charge in [-0.25, -0.2) is 8.78 Å². The molecule has 1 spiro atoms. The lowest BCUT2D eigenvalue weighted by Crippen LogP contribution is -2.45. The van der Waals surface area contributed by atoms with Crippen molar-refractivity contribution in [2.75, 3.05) is 19.6 Å². The largest absolute Gasteiger partial charge is 0.340 e. The Morgan fingerprint density at radius 1 is 1.04 bits per heavy atom. The minimum atomic E-state index is -1.56. The van der Waals surface area contributed by atoms with Gasteiger partial charge in [-0.15, -0.1) is 0 Å². The lowest BCUT2D eigenvalue weighted by Gasteiger charge is -2.38. The molecule has 3 nitrogen and oxygen atoms in total. The van der Waals surface area contributed by atoms with Gasteiger partial charge in [-0.1, -0.05) is 12.1 Å². The fourth-order valence-electron chi connectivity index (χ4n) is 4.65. The first kappa shape index (κ1) is 17.0. The second kappa shape index (κ2) is 6.35. The molecule has 1 aromatic carbocycles.